The molecule has 0 aliphatic heterocycles. The third kappa shape index (κ3) is 5.03. The lowest BCUT2D eigenvalue weighted by molar-refractivity contribution is -0.145. The molecule has 19 heavy (non-hydrogen) atoms. The fourth-order valence-corrected chi connectivity index (χ4v) is 2.02. The Hall–Kier alpha value is -1.36. The fraction of sp³-hybridized carbons (Fsp3) is 0.429. The molecular weight excluding hydrogens is 310 g/mol. The van der Waals surface area contributed by atoms with Gasteiger partial charge in [-0.1, -0.05) is 41.9 Å². The van der Waals surface area contributed by atoms with Gasteiger partial charge < -0.3 is 10.1 Å². The normalized spacial score (nSPS) is 12.1. The highest BCUT2D eigenvalue weighted by atomic mass is 79.9. The number of amides is 1. The highest BCUT2D eigenvalue weighted by molar-refractivity contribution is 9.10. The number of rotatable bonds is 5. The van der Waals surface area contributed by atoms with E-state index in [2.05, 4.69) is 21.2 Å². The molecule has 5 heteroatoms. The minimum atomic E-state index is -0.658. The van der Waals surface area contributed by atoms with Crippen molar-refractivity contribution in [1.82, 2.24) is 5.32 Å². The van der Waals surface area contributed by atoms with Crippen LogP contribution in [0.5, 0.6) is 0 Å². The van der Waals surface area contributed by atoms with Gasteiger partial charge in [0.1, 0.15) is 6.04 Å². The standard InChI is InChI=1S/C14H18BrNO3/c1-9(2)13(17)16-12(14(18)19-3)8-10-5-4-6-11(15)7-10/h4-7,9,12H,8H2,1-3H3,(H,16,17)/t12-/m0/s1. The smallest absolute Gasteiger partial charge is 0.328 e. The van der Waals surface area contributed by atoms with Crippen LogP contribution >= 0.6 is 15.9 Å². The van der Waals surface area contributed by atoms with Crippen molar-refractivity contribution in [1.29, 1.82) is 0 Å². The third-order valence-corrected chi connectivity index (χ3v) is 3.15. The molecule has 0 fully saturated rings. The molecule has 1 aromatic carbocycles. The molecule has 1 N–H and O–H groups in total. The van der Waals surface area contributed by atoms with Crippen molar-refractivity contribution in [3.05, 3.63) is 34.3 Å². The molecule has 0 aromatic heterocycles. The topological polar surface area (TPSA) is 55.4 Å². The van der Waals surface area contributed by atoms with Crippen molar-refractivity contribution < 1.29 is 14.3 Å². The average Bonchev–Trinajstić information content (AvgIpc) is 2.36. The van der Waals surface area contributed by atoms with E-state index in [9.17, 15) is 9.59 Å². The highest BCUT2D eigenvalue weighted by Crippen LogP contribution is 2.13. The van der Waals surface area contributed by atoms with E-state index in [0.29, 0.717) is 6.42 Å². The van der Waals surface area contributed by atoms with Gasteiger partial charge in [-0.3, -0.25) is 4.79 Å². The molecule has 0 saturated heterocycles. The minimum absolute atomic E-state index is 0.162. The Kier molecular flexibility index (Phi) is 6.02. The van der Waals surface area contributed by atoms with Crippen LogP contribution in [0.15, 0.2) is 28.7 Å². The average molecular weight is 328 g/mol. The number of halogens is 1. The summed E-state index contributed by atoms with van der Waals surface area (Å²) in [7, 11) is 1.32. The second-order valence-electron chi connectivity index (χ2n) is 4.57. The summed E-state index contributed by atoms with van der Waals surface area (Å²) in [5, 5.41) is 2.71. The van der Waals surface area contributed by atoms with Gasteiger partial charge in [-0.05, 0) is 17.7 Å². The second-order valence-corrected chi connectivity index (χ2v) is 5.49. The summed E-state index contributed by atoms with van der Waals surface area (Å²) in [4.78, 5) is 23.4. The Morgan fingerprint density at radius 1 is 1.37 bits per heavy atom. The van der Waals surface area contributed by atoms with E-state index < -0.39 is 12.0 Å². The van der Waals surface area contributed by atoms with Crippen molar-refractivity contribution >= 4 is 27.8 Å². The van der Waals surface area contributed by atoms with Gasteiger partial charge in [-0.25, -0.2) is 4.79 Å². The van der Waals surface area contributed by atoms with Crippen LogP contribution in [0.1, 0.15) is 19.4 Å². The summed E-state index contributed by atoms with van der Waals surface area (Å²) in [6, 6.07) is 6.95. The number of carbonyl (C=O) groups excluding carboxylic acids is 2. The summed E-state index contributed by atoms with van der Waals surface area (Å²) in [5.41, 5.74) is 0.953. The van der Waals surface area contributed by atoms with Gasteiger partial charge in [-0.15, -0.1) is 0 Å². The van der Waals surface area contributed by atoms with Crippen LogP contribution in [0, 0.1) is 5.92 Å². The van der Waals surface area contributed by atoms with Crippen LogP contribution in [0.3, 0.4) is 0 Å². The van der Waals surface area contributed by atoms with Crippen LogP contribution in [0.4, 0.5) is 0 Å². The van der Waals surface area contributed by atoms with Gasteiger partial charge in [0.15, 0.2) is 0 Å². The van der Waals surface area contributed by atoms with Crippen LogP contribution in [-0.2, 0) is 20.7 Å². The van der Waals surface area contributed by atoms with Crippen LogP contribution in [-0.4, -0.2) is 25.0 Å². The van der Waals surface area contributed by atoms with Gasteiger partial charge in [0, 0.05) is 16.8 Å². The molecule has 1 rings (SSSR count). The molecule has 1 aromatic rings. The zero-order valence-electron chi connectivity index (χ0n) is 11.3. The van der Waals surface area contributed by atoms with Gasteiger partial charge in [-0.2, -0.15) is 0 Å². The van der Waals surface area contributed by atoms with Crippen LogP contribution in [0.25, 0.3) is 0 Å². The molecule has 0 radical (unpaired) electrons. The van der Waals surface area contributed by atoms with E-state index in [1.54, 1.807) is 13.8 Å². The van der Waals surface area contributed by atoms with Crippen molar-refractivity contribution in [2.75, 3.05) is 7.11 Å². The lowest BCUT2D eigenvalue weighted by Gasteiger charge is -2.18. The predicted octanol–water partition coefficient (Wildman–Crippen LogP) is 2.31. The van der Waals surface area contributed by atoms with Crippen molar-refractivity contribution in [3.8, 4) is 0 Å². The van der Waals surface area contributed by atoms with E-state index in [0.717, 1.165) is 10.0 Å². The summed E-state index contributed by atoms with van der Waals surface area (Å²) in [6.07, 6.45) is 0.407. The van der Waals surface area contributed by atoms with Crippen LogP contribution in [0.2, 0.25) is 0 Å². The maximum absolute atomic E-state index is 11.7. The lowest BCUT2D eigenvalue weighted by Crippen LogP contribution is -2.44. The molecule has 1 atom stereocenters. The van der Waals surface area contributed by atoms with E-state index in [1.807, 2.05) is 24.3 Å². The Labute approximate surface area is 121 Å². The lowest BCUT2D eigenvalue weighted by atomic mass is 10.1. The minimum Gasteiger partial charge on any atom is -0.467 e. The summed E-state index contributed by atoms with van der Waals surface area (Å²) in [6.45, 7) is 3.56. The second kappa shape index (κ2) is 7.28. The van der Waals surface area contributed by atoms with Crippen LogP contribution < -0.4 is 5.32 Å². The Morgan fingerprint density at radius 2 is 2.05 bits per heavy atom. The first-order chi connectivity index (χ1) is 8.93. The third-order valence-electron chi connectivity index (χ3n) is 2.66. The largest absolute Gasteiger partial charge is 0.467 e. The Bertz CT molecular complexity index is 460. The molecule has 0 unspecified atom stereocenters. The van der Waals surface area contributed by atoms with E-state index in [-0.39, 0.29) is 11.8 Å². The molecule has 0 bridgehead atoms. The Balaban J connectivity index is 2.80. The van der Waals surface area contributed by atoms with Gasteiger partial charge in [0.05, 0.1) is 7.11 Å². The first-order valence-corrected chi connectivity index (χ1v) is 6.86. The van der Waals surface area contributed by atoms with Gasteiger partial charge in [0.25, 0.3) is 0 Å². The van der Waals surface area contributed by atoms with Gasteiger partial charge in [0.2, 0.25) is 5.91 Å². The number of nitrogens with one attached hydrogen (secondary N) is 1. The molecule has 0 spiro atoms. The summed E-state index contributed by atoms with van der Waals surface area (Å²) < 4.78 is 5.66. The summed E-state index contributed by atoms with van der Waals surface area (Å²) >= 11 is 3.38. The number of esters is 1. The van der Waals surface area contributed by atoms with Crippen molar-refractivity contribution in [2.45, 2.75) is 26.3 Å². The van der Waals surface area contributed by atoms with E-state index >= 15 is 0 Å². The first-order valence-electron chi connectivity index (χ1n) is 6.06. The number of carbonyl (C=O) groups is 2. The molecule has 0 aliphatic rings. The highest BCUT2D eigenvalue weighted by Gasteiger charge is 2.23. The van der Waals surface area contributed by atoms with Crippen molar-refractivity contribution in [3.63, 3.8) is 0 Å². The molecule has 0 aliphatic carbocycles. The van der Waals surface area contributed by atoms with Gasteiger partial charge >= 0.3 is 5.97 Å². The quantitative estimate of drug-likeness (QED) is 0.844. The molecule has 0 heterocycles. The fourth-order valence-electron chi connectivity index (χ4n) is 1.57. The molecule has 0 saturated carbocycles. The maximum atomic E-state index is 11.7. The van der Waals surface area contributed by atoms with E-state index in [1.165, 1.54) is 7.11 Å². The number of benzene rings is 1. The molecular formula is C14H18BrNO3. The number of hydrogen-bond donors (Lipinski definition) is 1. The SMILES string of the molecule is COC(=O)[C@H](Cc1cccc(Br)c1)NC(=O)C(C)C. The molecule has 4 nitrogen and oxygen atoms in total. The number of ether oxygens (including phenoxy) is 1. The number of hydrogen-bond acceptors (Lipinski definition) is 3. The summed E-state index contributed by atoms with van der Waals surface area (Å²) in [5.74, 6) is -0.769. The Morgan fingerprint density at radius 3 is 2.58 bits per heavy atom. The van der Waals surface area contributed by atoms with Crippen molar-refractivity contribution in [2.24, 2.45) is 5.92 Å². The predicted molar refractivity (Wildman–Crippen MR) is 76.6 cm³/mol. The number of methoxy groups -OCH3 is 1. The molecule has 104 valence electrons. The zero-order chi connectivity index (χ0) is 14.4. The zero-order valence-corrected chi connectivity index (χ0v) is 12.9. The van der Waals surface area contributed by atoms with E-state index in [4.69, 9.17) is 4.74 Å². The monoisotopic (exact) mass is 327 g/mol. The first kappa shape index (κ1) is 15.7. The maximum Gasteiger partial charge on any atom is 0.328 e. The molecule has 1 amide bonds.